The molecule has 0 aromatic heterocycles. The van der Waals surface area contributed by atoms with Crippen molar-refractivity contribution >= 4 is 16.1 Å². The number of nitrogens with zero attached hydrogens (tertiary/aromatic N) is 3. The van der Waals surface area contributed by atoms with Crippen molar-refractivity contribution in [2.75, 3.05) is 52.1 Å². The molecular weight excluding hydrogens is 450 g/mol. The Bertz CT molecular complexity index is 925. The molecule has 1 aromatic carbocycles. The topological polar surface area (TPSA) is 73.0 Å². The second kappa shape index (κ2) is 10.2. The lowest BCUT2D eigenvalue weighted by molar-refractivity contribution is 0.129. The highest BCUT2D eigenvalue weighted by atomic mass is 32.2. The fraction of sp³-hybridized carbons (Fsp3) is 0.696. The number of carbonyl (C=O) groups excluding carboxylic acids is 1. The lowest BCUT2D eigenvalue weighted by Gasteiger charge is -2.38. The molecule has 3 saturated heterocycles. The molecule has 1 atom stereocenters. The predicted octanol–water partition coefficient (Wildman–Crippen LogP) is 2.60. The second-order valence-corrected chi connectivity index (χ2v) is 11.6. The van der Waals surface area contributed by atoms with Crippen LogP contribution >= 0.6 is 0 Å². The van der Waals surface area contributed by atoms with E-state index in [4.69, 9.17) is 0 Å². The van der Waals surface area contributed by atoms with Crippen LogP contribution in [0.1, 0.15) is 43.6 Å². The number of halogens is 2. The number of hydrogen-bond acceptors (Lipinski definition) is 4. The molecule has 7 nitrogen and oxygen atoms in total. The Labute approximate surface area is 195 Å². The summed E-state index contributed by atoms with van der Waals surface area (Å²) in [5.41, 5.74) is 0.661. The van der Waals surface area contributed by atoms with Crippen LogP contribution in [0, 0.1) is 17.6 Å². The Morgan fingerprint density at radius 1 is 1.00 bits per heavy atom. The number of carbonyl (C=O) groups is 1. The molecule has 3 aliphatic rings. The van der Waals surface area contributed by atoms with Crippen LogP contribution in [0.4, 0.5) is 13.6 Å². The van der Waals surface area contributed by atoms with E-state index in [1.807, 2.05) is 4.90 Å². The van der Waals surface area contributed by atoms with Crippen LogP contribution in [0.3, 0.4) is 0 Å². The van der Waals surface area contributed by atoms with Crippen molar-refractivity contribution in [3.05, 3.63) is 35.4 Å². The molecule has 4 rings (SSSR count). The number of likely N-dealkylation sites (tertiary alicyclic amines) is 1. The molecule has 0 aliphatic carbocycles. The van der Waals surface area contributed by atoms with E-state index in [-0.39, 0.29) is 23.9 Å². The number of benzene rings is 1. The van der Waals surface area contributed by atoms with Gasteiger partial charge in [-0.1, -0.05) is 0 Å². The number of amides is 2. The standard InChI is InChI=1S/C23H34F2N4O3S/c1-33(31,32)28-11-2-17(3-12-28)22(18-14-19(24)16-20(25)15-18)6-10-27-8-4-21(5-9-27)29-13-7-26-23(29)30/h14-17,21-22H,2-13H2,1H3,(H,26,30)/t22-/m1/s1. The molecule has 0 radical (unpaired) electrons. The van der Waals surface area contributed by atoms with Crippen molar-refractivity contribution in [3.63, 3.8) is 0 Å². The van der Waals surface area contributed by atoms with Crippen LogP contribution in [-0.2, 0) is 10.0 Å². The molecule has 0 spiro atoms. The Morgan fingerprint density at radius 2 is 1.64 bits per heavy atom. The third-order valence-electron chi connectivity index (χ3n) is 7.49. The van der Waals surface area contributed by atoms with Crippen LogP contribution in [0.15, 0.2) is 18.2 Å². The third kappa shape index (κ3) is 6.02. The Kier molecular flexibility index (Phi) is 7.55. The van der Waals surface area contributed by atoms with Crippen molar-refractivity contribution in [2.24, 2.45) is 5.92 Å². The molecule has 1 N–H and O–H groups in total. The maximum atomic E-state index is 14.0. The summed E-state index contributed by atoms with van der Waals surface area (Å²) in [5.74, 6) is -1.00. The molecular formula is C23H34F2N4O3S. The lowest BCUT2D eigenvalue weighted by atomic mass is 9.78. The van der Waals surface area contributed by atoms with Gasteiger partial charge in [0.2, 0.25) is 10.0 Å². The van der Waals surface area contributed by atoms with Gasteiger partial charge in [-0.05, 0) is 68.2 Å². The van der Waals surface area contributed by atoms with Crippen molar-refractivity contribution < 1.29 is 22.0 Å². The van der Waals surface area contributed by atoms with Crippen molar-refractivity contribution in [3.8, 4) is 0 Å². The van der Waals surface area contributed by atoms with E-state index in [1.54, 1.807) is 0 Å². The summed E-state index contributed by atoms with van der Waals surface area (Å²) in [6, 6.07) is 4.05. The van der Waals surface area contributed by atoms with Gasteiger partial charge in [0.05, 0.1) is 6.26 Å². The fourth-order valence-electron chi connectivity index (χ4n) is 5.68. The fourth-order valence-corrected chi connectivity index (χ4v) is 6.56. The van der Waals surface area contributed by atoms with Crippen LogP contribution in [0.5, 0.6) is 0 Å². The van der Waals surface area contributed by atoms with Gasteiger partial charge >= 0.3 is 6.03 Å². The van der Waals surface area contributed by atoms with Crippen molar-refractivity contribution in [1.82, 2.24) is 19.4 Å². The highest BCUT2D eigenvalue weighted by molar-refractivity contribution is 7.88. The molecule has 0 unspecified atom stereocenters. The van der Waals surface area contributed by atoms with Gasteiger partial charge in [0.1, 0.15) is 11.6 Å². The monoisotopic (exact) mass is 484 g/mol. The molecule has 2 amide bonds. The summed E-state index contributed by atoms with van der Waals surface area (Å²) in [7, 11) is -3.23. The average molecular weight is 485 g/mol. The number of urea groups is 1. The Hall–Kier alpha value is -1.78. The Morgan fingerprint density at radius 3 is 2.18 bits per heavy atom. The first-order valence-corrected chi connectivity index (χ1v) is 13.7. The molecule has 3 heterocycles. The lowest BCUT2D eigenvalue weighted by Crippen LogP contribution is -2.46. The van der Waals surface area contributed by atoms with Gasteiger partial charge in [-0.15, -0.1) is 0 Å². The minimum atomic E-state index is -3.23. The summed E-state index contributed by atoms with van der Waals surface area (Å²) >= 11 is 0. The van der Waals surface area contributed by atoms with E-state index in [0.29, 0.717) is 38.0 Å². The first kappa shape index (κ1) is 24.3. The smallest absolute Gasteiger partial charge is 0.317 e. The normalized spacial score (nSPS) is 23.1. The second-order valence-electron chi connectivity index (χ2n) is 9.60. The van der Waals surface area contributed by atoms with Gasteiger partial charge < -0.3 is 15.1 Å². The zero-order valence-electron chi connectivity index (χ0n) is 19.2. The molecule has 1 aromatic rings. The van der Waals surface area contributed by atoms with E-state index >= 15 is 0 Å². The average Bonchev–Trinajstić information content (AvgIpc) is 3.19. The van der Waals surface area contributed by atoms with Crippen LogP contribution in [0.2, 0.25) is 0 Å². The summed E-state index contributed by atoms with van der Waals surface area (Å²) in [6.07, 6.45) is 5.21. The minimum Gasteiger partial charge on any atom is -0.336 e. The maximum Gasteiger partial charge on any atom is 0.317 e. The van der Waals surface area contributed by atoms with Gasteiger partial charge in [-0.25, -0.2) is 26.3 Å². The van der Waals surface area contributed by atoms with Crippen molar-refractivity contribution in [1.29, 1.82) is 0 Å². The highest BCUT2D eigenvalue weighted by Gasteiger charge is 2.33. The third-order valence-corrected chi connectivity index (χ3v) is 8.80. The summed E-state index contributed by atoms with van der Waals surface area (Å²) < 4.78 is 53.3. The van der Waals surface area contributed by atoms with Crippen LogP contribution < -0.4 is 5.32 Å². The van der Waals surface area contributed by atoms with Crippen LogP contribution in [0.25, 0.3) is 0 Å². The summed E-state index contributed by atoms with van der Waals surface area (Å²) in [6.45, 7) is 4.97. The Balaban J connectivity index is 1.39. The largest absolute Gasteiger partial charge is 0.336 e. The SMILES string of the molecule is CS(=O)(=O)N1CCC([C@@H](CCN2CCC(N3CCNC3=O)CC2)c2cc(F)cc(F)c2)CC1. The highest BCUT2D eigenvalue weighted by Crippen LogP contribution is 2.37. The van der Waals surface area contributed by atoms with Gasteiger partial charge in [0, 0.05) is 51.4 Å². The molecule has 3 aliphatic heterocycles. The van der Waals surface area contributed by atoms with E-state index in [9.17, 15) is 22.0 Å². The number of nitrogens with one attached hydrogen (secondary N) is 1. The van der Waals surface area contributed by atoms with Crippen LogP contribution in [-0.4, -0.2) is 86.7 Å². The van der Waals surface area contributed by atoms with Gasteiger partial charge in [0.15, 0.2) is 0 Å². The van der Waals surface area contributed by atoms with Crippen molar-refractivity contribution in [2.45, 2.75) is 44.1 Å². The zero-order valence-corrected chi connectivity index (χ0v) is 20.0. The molecule has 0 saturated carbocycles. The molecule has 10 heteroatoms. The predicted molar refractivity (Wildman–Crippen MR) is 122 cm³/mol. The van der Waals surface area contributed by atoms with E-state index < -0.39 is 21.7 Å². The molecule has 0 bridgehead atoms. The van der Waals surface area contributed by atoms with Gasteiger partial charge in [0.25, 0.3) is 0 Å². The van der Waals surface area contributed by atoms with E-state index in [2.05, 4.69) is 10.2 Å². The quantitative estimate of drug-likeness (QED) is 0.646. The van der Waals surface area contributed by atoms with Gasteiger partial charge in [-0.2, -0.15) is 0 Å². The number of piperidine rings is 2. The number of sulfonamides is 1. The maximum absolute atomic E-state index is 14.0. The molecule has 33 heavy (non-hydrogen) atoms. The first-order chi connectivity index (χ1) is 15.7. The number of hydrogen-bond donors (Lipinski definition) is 1. The van der Waals surface area contributed by atoms with Gasteiger partial charge in [-0.3, -0.25) is 0 Å². The number of rotatable bonds is 7. The zero-order chi connectivity index (χ0) is 23.6. The summed E-state index contributed by atoms with van der Waals surface area (Å²) in [5, 5.41) is 2.87. The summed E-state index contributed by atoms with van der Waals surface area (Å²) in [4.78, 5) is 16.3. The molecule has 3 fully saturated rings. The van der Waals surface area contributed by atoms with E-state index in [1.165, 1.54) is 22.7 Å². The molecule has 184 valence electrons. The minimum absolute atomic E-state index is 0.0287. The van der Waals surface area contributed by atoms with E-state index in [0.717, 1.165) is 51.5 Å². The first-order valence-electron chi connectivity index (χ1n) is 11.9.